The third kappa shape index (κ3) is 2.95. The number of hydrogen-bond donors (Lipinski definition) is 1. The second-order valence-electron chi connectivity index (χ2n) is 4.38. The van der Waals surface area contributed by atoms with Gasteiger partial charge >= 0.3 is 0 Å². The minimum absolute atomic E-state index is 0.134. The van der Waals surface area contributed by atoms with E-state index in [1.165, 1.54) is 0 Å². The molecular formula is C14H15N3O2S. The van der Waals surface area contributed by atoms with Crippen LogP contribution in [0.2, 0.25) is 0 Å². The molecule has 2 aromatic rings. The maximum atomic E-state index is 11.9. The van der Waals surface area contributed by atoms with Crippen LogP contribution in [0.5, 0.6) is 0 Å². The molecule has 20 heavy (non-hydrogen) atoms. The Hall–Kier alpha value is -1.97. The van der Waals surface area contributed by atoms with E-state index in [1.54, 1.807) is 19.2 Å². The summed E-state index contributed by atoms with van der Waals surface area (Å²) in [6, 6.07) is 11.2. The molecule has 0 spiro atoms. The van der Waals surface area contributed by atoms with Gasteiger partial charge in [-0.05, 0) is 18.1 Å². The van der Waals surface area contributed by atoms with Crippen molar-refractivity contribution in [2.45, 2.75) is 25.1 Å². The molecule has 0 amide bonds. The molecule has 104 valence electrons. The second kappa shape index (κ2) is 5.99. The number of hydrogen-bond acceptors (Lipinski definition) is 4. The van der Waals surface area contributed by atoms with Gasteiger partial charge in [-0.2, -0.15) is 5.26 Å². The third-order valence-corrected chi connectivity index (χ3v) is 4.80. The predicted octanol–water partition coefficient (Wildman–Crippen LogP) is 1.96. The molecule has 0 bridgehead atoms. The number of pyridine rings is 1. The van der Waals surface area contributed by atoms with Gasteiger partial charge in [-0.1, -0.05) is 31.2 Å². The number of sulfonamides is 1. The molecule has 0 aliphatic carbocycles. The maximum Gasteiger partial charge on any atom is 0.228 e. The highest BCUT2D eigenvalue weighted by Crippen LogP contribution is 2.16. The Morgan fingerprint density at radius 1 is 1.35 bits per heavy atom. The normalized spacial score (nSPS) is 13.0. The molecule has 1 aromatic carbocycles. The summed E-state index contributed by atoms with van der Waals surface area (Å²) in [5, 5.41) is 8.78. The van der Waals surface area contributed by atoms with Gasteiger partial charge in [0.2, 0.25) is 10.0 Å². The van der Waals surface area contributed by atoms with Crippen molar-refractivity contribution < 1.29 is 8.42 Å². The molecule has 0 saturated heterocycles. The zero-order chi connectivity index (χ0) is 14.6. The van der Waals surface area contributed by atoms with Gasteiger partial charge in [0.25, 0.3) is 0 Å². The maximum absolute atomic E-state index is 11.9. The number of nitrogens with zero attached hydrogens (tertiary/aromatic N) is 2. The first-order valence-corrected chi connectivity index (χ1v) is 7.84. The summed E-state index contributed by atoms with van der Waals surface area (Å²) in [7, 11) is -3.63. The zero-order valence-corrected chi connectivity index (χ0v) is 11.9. The topological polar surface area (TPSA) is 82.8 Å². The van der Waals surface area contributed by atoms with E-state index >= 15 is 0 Å². The Labute approximate surface area is 118 Å². The molecule has 1 N–H and O–H groups in total. The highest BCUT2D eigenvalue weighted by molar-refractivity contribution is 7.90. The van der Waals surface area contributed by atoms with Gasteiger partial charge in [-0.3, -0.25) is 4.98 Å². The lowest BCUT2D eigenvalue weighted by molar-refractivity contribution is 0.572. The summed E-state index contributed by atoms with van der Waals surface area (Å²) in [4.78, 5) is 4.27. The van der Waals surface area contributed by atoms with Crippen LogP contribution in [0.4, 0.5) is 0 Å². The van der Waals surface area contributed by atoms with Gasteiger partial charge in [-0.15, -0.1) is 0 Å². The summed E-state index contributed by atoms with van der Waals surface area (Å²) in [6.45, 7) is 1.81. The Morgan fingerprint density at radius 2 is 2.10 bits per heavy atom. The Balaban J connectivity index is 2.24. The third-order valence-electron chi connectivity index (χ3n) is 3.07. The van der Waals surface area contributed by atoms with Crippen LogP contribution in [-0.2, 0) is 16.6 Å². The number of nitrogens with one attached hydrogen (secondary N) is 1. The van der Waals surface area contributed by atoms with E-state index in [-0.39, 0.29) is 13.0 Å². The molecular weight excluding hydrogens is 274 g/mol. The molecule has 0 aliphatic heterocycles. The van der Waals surface area contributed by atoms with Gasteiger partial charge in [0, 0.05) is 18.1 Å². The Kier molecular flexibility index (Phi) is 4.32. The van der Waals surface area contributed by atoms with E-state index in [2.05, 4.69) is 9.71 Å². The number of benzene rings is 1. The molecule has 0 saturated carbocycles. The summed E-state index contributed by atoms with van der Waals surface area (Å²) < 4.78 is 26.4. The lowest BCUT2D eigenvalue weighted by Crippen LogP contribution is -2.32. The number of rotatable bonds is 5. The summed E-state index contributed by atoms with van der Waals surface area (Å²) in [6.07, 6.45) is 1.93. The van der Waals surface area contributed by atoms with Crippen molar-refractivity contribution in [3.05, 3.63) is 42.1 Å². The zero-order valence-electron chi connectivity index (χ0n) is 11.1. The van der Waals surface area contributed by atoms with Gasteiger partial charge < -0.3 is 0 Å². The van der Waals surface area contributed by atoms with E-state index in [0.29, 0.717) is 0 Å². The molecule has 1 unspecified atom stereocenters. The van der Waals surface area contributed by atoms with Crippen molar-refractivity contribution in [2.75, 3.05) is 0 Å². The van der Waals surface area contributed by atoms with Crippen LogP contribution in [0.1, 0.15) is 18.9 Å². The highest BCUT2D eigenvalue weighted by Gasteiger charge is 2.22. The lowest BCUT2D eigenvalue weighted by Gasteiger charge is -2.11. The van der Waals surface area contributed by atoms with Gasteiger partial charge in [-0.25, -0.2) is 13.1 Å². The smallest absolute Gasteiger partial charge is 0.228 e. The first-order chi connectivity index (χ1) is 9.58. The molecule has 0 fully saturated rings. The van der Waals surface area contributed by atoms with Gasteiger partial charge in [0.15, 0.2) is 5.25 Å². The molecule has 1 heterocycles. The second-order valence-corrected chi connectivity index (χ2v) is 6.33. The highest BCUT2D eigenvalue weighted by atomic mass is 32.2. The minimum Gasteiger partial charge on any atom is -0.256 e. The van der Waals surface area contributed by atoms with Crippen molar-refractivity contribution in [2.24, 2.45) is 0 Å². The molecule has 5 nitrogen and oxygen atoms in total. The fourth-order valence-electron chi connectivity index (χ4n) is 1.97. The molecule has 6 heteroatoms. The quantitative estimate of drug-likeness (QED) is 0.912. The molecule has 2 rings (SSSR count). The SMILES string of the molecule is CCC(C#N)S(=O)(=O)NCc1cccc2cccnc12. The van der Waals surface area contributed by atoms with Crippen molar-refractivity contribution in [1.29, 1.82) is 5.26 Å². The van der Waals surface area contributed by atoms with Crippen LogP contribution in [0.3, 0.4) is 0 Å². The van der Waals surface area contributed by atoms with Crippen molar-refractivity contribution in [3.8, 4) is 6.07 Å². The monoisotopic (exact) mass is 289 g/mol. The van der Waals surface area contributed by atoms with Crippen molar-refractivity contribution >= 4 is 20.9 Å². The number of fused-ring (bicyclic) bond motifs is 1. The van der Waals surface area contributed by atoms with E-state index in [4.69, 9.17) is 5.26 Å². The van der Waals surface area contributed by atoms with Crippen LogP contribution < -0.4 is 4.72 Å². The largest absolute Gasteiger partial charge is 0.256 e. The van der Waals surface area contributed by atoms with E-state index in [1.807, 2.05) is 30.3 Å². The molecule has 1 atom stereocenters. The number of aromatic nitrogens is 1. The molecule has 0 radical (unpaired) electrons. The Bertz CT molecular complexity index is 745. The molecule has 1 aromatic heterocycles. The predicted molar refractivity (Wildman–Crippen MR) is 77.2 cm³/mol. The summed E-state index contributed by atoms with van der Waals surface area (Å²) in [5.74, 6) is 0. The van der Waals surface area contributed by atoms with Crippen LogP contribution in [0, 0.1) is 11.3 Å². The standard InChI is InChI=1S/C14H15N3O2S/c1-2-13(9-15)20(18,19)17-10-12-6-3-5-11-7-4-8-16-14(11)12/h3-8,13,17H,2,10H2,1H3. The van der Waals surface area contributed by atoms with Crippen LogP contribution in [0.15, 0.2) is 36.5 Å². The first-order valence-electron chi connectivity index (χ1n) is 6.29. The first kappa shape index (κ1) is 14.4. The van der Waals surface area contributed by atoms with E-state index < -0.39 is 15.3 Å². The van der Waals surface area contributed by atoms with E-state index in [9.17, 15) is 8.42 Å². The molecule has 0 aliphatic rings. The average molecular weight is 289 g/mol. The number of nitriles is 1. The summed E-state index contributed by atoms with van der Waals surface area (Å²) in [5.41, 5.74) is 1.56. The van der Waals surface area contributed by atoms with Crippen LogP contribution >= 0.6 is 0 Å². The van der Waals surface area contributed by atoms with Gasteiger partial charge in [0.05, 0.1) is 11.6 Å². The van der Waals surface area contributed by atoms with Crippen LogP contribution in [-0.4, -0.2) is 18.7 Å². The number of para-hydroxylation sites is 1. The fourth-order valence-corrected chi connectivity index (χ4v) is 3.10. The van der Waals surface area contributed by atoms with Crippen molar-refractivity contribution in [3.63, 3.8) is 0 Å². The fraction of sp³-hybridized carbons (Fsp3) is 0.286. The van der Waals surface area contributed by atoms with Gasteiger partial charge in [0.1, 0.15) is 0 Å². The minimum atomic E-state index is -3.63. The Morgan fingerprint density at radius 3 is 2.80 bits per heavy atom. The summed E-state index contributed by atoms with van der Waals surface area (Å²) >= 11 is 0. The average Bonchev–Trinajstić information content (AvgIpc) is 2.46. The lowest BCUT2D eigenvalue weighted by atomic mass is 10.1. The van der Waals surface area contributed by atoms with Crippen molar-refractivity contribution in [1.82, 2.24) is 9.71 Å². The van der Waals surface area contributed by atoms with E-state index in [0.717, 1.165) is 16.5 Å². The van der Waals surface area contributed by atoms with Crippen LogP contribution in [0.25, 0.3) is 10.9 Å².